The van der Waals surface area contributed by atoms with Gasteiger partial charge in [0, 0.05) is 5.02 Å². The number of amides is 1. The van der Waals surface area contributed by atoms with E-state index < -0.39 is 0 Å². The molecular formula is C16H23ClN2O. The molecule has 3 atom stereocenters. The molecule has 0 aliphatic carbocycles. The van der Waals surface area contributed by atoms with Crippen LogP contribution in [-0.2, 0) is 4.79 Å². The van der Waals surface area contributed by atoms with Crippen LogP contribution in [0.25, 0.3) is 0 Å². The van der Waals surface area contributed by atoms with Crippen molar-refractivity contribution >= 4 is 17.5 Å². The zero-order chi connectivity index (χ0) is 14.5. The Hall–Kier alpha value is -1.06. The third-order valence-corrected chi connectivity index (χ3v) is 4.35. The first-order chi connectivity index (χ1) is 9.60. The standard InChI is InChI=1S/C16H23ClN2O/c1-3-12-7-8-18-15(9-12)16(20)19-11(2)13-5-4-6-14(17)10-13/h4-6,10-12,15,18H,3,7-9H2,1-2H3,(H,19,20)/t11-,12?,15?/m0/s1. The molecule has 2 rings (SSSR count). The number of benzene rings is 1. The van der Waals surface area contributed by atoms with Gasteiger partial charge >= 0.3 is 0 Å². The largest absolute Gasteiger partial charge is 0.348 e. The molecule has 1 aromatic carbocycles. The number of rotatable bonds is 4. The minimum Gasteiger partial charge on any atom is -0.348 e. The summed E-state index contributed by atoms with van der Waals surface area (Å²) < 4.78 is 0. The Balaban J connectivity index is 1.93. The van der Waals surface area contributed by atoms with Gasteiger partial charge in [0.05, 0.1) is 12.1 Å². The van der Waals surface area contributed by atoms with Gasteiger partial charge in [0.25, 0.3) is 0 Å². The Labute approximate surface area is 126 Å². The van der Waals surface area contributed by atoms with Gasteiger partial charge in [0.2, 0.25) is 5.91 Å². The molecule has 1 aliphatic heterocycles. The predicted octanol–water partition coefficient (Wildman–Crippen LogP) is 3.30. The van der Waals surface area contributed by atoms with Gasteiger partial charge < -0.3 is 10.6 Å². The molecule has 1 aromatic rings. The summed E-state index contributed by atoms with van der Waals surface area (Å²) >= 11 is 5.99. The second kappa shape index (κ2) is 7.09. The van der Waals surface area contributed by atoms with E-state index in [2.05, 4.69) is 17.6 Å². The molecule has 1 heterocycles. The smallest absolute Gasteiger partial charge is 0.237 e. The lowest BCUT2D eigenvalue weighted by Crippen LogP contribution is -2.49. The lowest BCUT2D eigenvalue weighted by Gasteiger charge is -2.29. The van der Waals surface area contributed by atoms with Crippen LogP contribution in [0.2, 0.25) is 5.02 Å². The second-order valence-electron chi connectivity index (χ2n) is 5.59. The molecule has 0 bridgehead atoms. The van der Waals surface area contributed by atoms with Crippen molar-refractivity contribution in [3.05, 3.63) is 34.9 Å². The fourth-order valence-corrected chi connectivity index (χ4v) is 2.94. The lowest BCUT2D eigenvalue weighted by atomic mass is 9.90. The maximum Gasteiger partial charge on any atom is 0.237 e. The van der Waals surface area contributed by atoms with Gasteiger partial charge in [-0.15, -0.1) is 0 Å². The van der Waals surface area contributed by atoms with Crippen molar-refractivity contribution in [1.82, 2.24) is 10.6 Å². The average molecular weight is 295 g/mol. The van der Waals surface area contributed by atoms with Crippen molar-refractivity contribution in [3.63, 3.8) is 0 Å². The highest BCUT2D eigenvalue weighted by Gasteiger charge is 2.26. The Morgan fingerprint density at radius 2 is 2.35 bits per heavy atom. The van der Waals surface area contributed by atoms with Crippen LogP contribution in [0.15, 0.2) is 24.3 Å². The summed E-state index contributed by atoms with van der Waals surface area (Å²) in [6, 6.07) is 7.55. The molecular weight excluding hydrogens is 272 g/mol. The van der Waals surface area contributed by atoms with Crippen molar-refractivity contribution in [2.45, 2.75) is 45.2 Å². The lowest BCUT2D eigenvalue weighted by molar-refractivity contribution is -0.124. The minimum atomic E-state index is -0.0599. The number of hydrogen-bond acceptors (Lipinski definition) is 2. The molecule has 110 valence electrons. The first-order valence-corrected chi connectivity index (χ1v) is 7.77. The highest BCUT2D eigenvalue weighted by Crippen LogP contribution is 2.21. The quantitative estimate of drug-likeness (QED) is 0.894. The van der Waals surface area contributed by atoms with Gasteiger partial charge in [0.1, 0.15) is 0 Å². The number of nitrogens with one attached hydrogen (secondary N) is 2. The summed E-state index contributed by atoms with van der Waals surface area (Å²) in [4.78, 5) is 12.3. The molecule has 2 unspecified atom stereocenters. The highest BCUT2D eigenvalue weighted by atomic mass is 35.5. The molecule has 1 amide bonds. The number of piperidine rings is 1. The van der Waals surface area contributed by atoms with Crippen molar-refractivity contribution in [2.75, 3.05) is 6.54 Å². The Morgan fingerprint density at radius 3 is 3.05 bits per heavy atom. The molecule has 1 aliphatic rings. The van der Waals surface area contributed by atoms with Gasteiger partial charge in [-0.3, -0.25) is 4.79 Å². The van der Waals surface area contributed by atoms with Gasteiger partial charge in [-0.05, 0) is 49.9 Å². The normalized spacial score (nSPS) is 24.1. The van der Waals surface area contributed by atoms with E-state index in [0.29, 0.717) is 10.9 Å². The van der Waals surface area contributed by atoms with Crippen LogP contribution in [0.1, 0.15) is 44.7 Å². The number of hydrogen-bond donors (Lipinski definition) is 2. The molecule has 0 saturated carbocycles. The maximum atomic E-state index is 12.3. The van der Waals surface area contributed by atoms with Gasteiger partial charge in [0.15, 0.2) is 0 Å². The van der Waals surface area contributed by atoms with Crippen LogP contribution in [0.4, 0.5) is 0 Å². The fraction of sp³-hybridized carbons (Fsp3) is 0.562. The fourth-order valence-electron chi connectivity index (χ4n) is 2.74. The van der Waals surface area contributed by atoms with E-state index in [-0.39, 0.29) is 18.0 Å². The molecule has 20 heavy (non-hydrogen) atoms. The number of carbonyl (C=O) groups excluding carboxylic acids is 1. The first-order valence-electron chi connectivity index (χ1n) is 7.39. The van der Waals surface area contributed by atoms with Crippen molar-refractivity contribution in [2.24, 2.45) is 5.92 Å². The topological polar surface area (TPSA) is 41.1 Å². The summed E-state index contributed by atoms with van der Waals surface area (Å²) in [6.07, 6.45) is 3.25. The molecule has 2 N–H and O–H groups in total. The summed E-state index contributed by atoms with van der Waals surface area (Å²) in [6.45, 7) is 5.12. The number of halogens is 1. The molecule has 4 heteroatoms. The van der Waals surface area contributed by atoms with Gasteiger partial charge in [-0.2, -0.15) is 0 Å². The predicted molar refractivity (Wildman–Crippen MR) is 82.8 cm³/mol. The Kier molecular flexibility index (Phi) is 5.44. The van der Waals surface area contributed by atoms with Gasteiger partial charge in [-0.1, -0.05) is 37.1 Å². The second-order valence-corrected chi connectivity index (χ2v) is 6.03. The van der Waals surface area contributed by atoms with Crippen molar-refractivity contribution in [1.29, 1.82) is 0 Å². The van der Waals surface area contributed by atoms with Crippen LogP contribution in [0.3, 0.4) is 0 Å². The molecule has 1 fully saturated rings. The van der Waals surface area contributed by atoms with Crippen LogP contribution < -0.4 is 10.6 Å². The monoisotopic (exact) mass is 294 g/mol. The summed E-state index contributed by atoms with van der Waals surface area (Å²) in [7, 11) is 0. The van der Waals surface area contributed by atoms with Crippen molar-refractivity contribution < 1.29 is 4.79 Å². The third-order valence-electron chi connectivity index (χ3n) is 4.11. The van der Waals surface area contributed by atoms with E-state index in [4.69, 9.17) is 11.6 Å². The zero-order valence-corrected chi connectivity index (χ0v) is 12.9. The average Bonchev–Trinajstić information content (AvgIpc) is 2.47. The summed E-state index contributed by atoms with van der Waals surface area (Å²) in [5.41, 5.74) is 1.04. The van der Waals surface area contributed by atoms with Gasteiger partial charge in [-0.25, -0.2) is 0 Å². The Morgan fingerprint density at radius 1 is 1.55 bits per heavy atom. The number of carbonyl (C=O) groups is 1. The molecule has 0 spiro atoms. The van der Waals surface area contributed by atoms with E-state index >= 15 is 0 Å². The SMILES string of the molecule is CCC1CCNC(C(=O)N[C@@H](C)c2cccc(Cl)c2)C1. The van der Waals surface area contributed by atoms with Crippen LogP contribution in [-0.4, -0.2) is 18.5 Å². The zero-order valence-electron chi connectivity index (χ0n) is 12.2. The van der Waals surface area contributed by atoms with E-state index in [9.17, 15) is 4.79 Å². The first kappa shape index (κ1) is 15.3. The highest BCUT2D eigenvalue weighted by molar-refractivity contribution is 6.30. The third kappa shape index (κ3) is 3.97. The summed E-state index contributed by atoms with van der Waals surface area (Å²) in [5, 5.41) is 7.09. The maximum absolute atomic E-state index is 12.3. The van der Waals surface area contributed by atoms with Crippen LogP contribution in [0.5, 0.6) is 0 Å². The van der Waals surface area contributed by atoms with E-state index in [1.807, 2.05) is 31.2 Å². The van der Waals surface area contributed by atoms with Crippen molar-refractivity contribution in [3.8, 4) is 0 Å². The molecule has 3 nitrogen and oxygen atoms in total. The van der Waals surface area contributed by atoms with Crippen LogP contribution >= 0.6 is 11.6 Å². The molecule has 0 radical (unpaired) electrons. The molecule has 1 saturated heterocycles. The summed E-state index contributed by atoms with van der Waals surface area (Å²) in [5.74, 6) is 0.754. The van der Waals surface area contributed by atoms with E-state index in [1.54, 1.807) is 0 Å². The minimum absolute atomic E-state index is 0.0231. The van der Waals surface area contributed by atoms with Crippen LogP contribution in [0, 0.1) is 5.92 Å². The molecule has 0 aromatic heterocycles. The Bertz CT molecular complexity index is 464. The van der Waals surface area contributed by atoms with E-state index in [1.165, 1.54) is 6.42 Å². The van der Waals surface area contributed by atoms with E-state index in [0.717, 1.165) is 24.9 Å².